The molecule has 1 aliphatic heterocycles. The highest BCUT2D eigenvalue weighted by molar-refractivity contribution is 6.21. The van der Waals surface area contributed by atoms with Crippen LogP contribution in [0.15, 0.2) is 60.9 Å². The van der Waals surface area contributed by atoms with E-state index < -0.39 is 0 Å². The Morgan fingerprint density at radius 1 is 1.03 bits per heavy atom. The lowest BCUT2D eigenvalue weighted by atomic mass is 9.88. The van der Waals surface area contributed by atoms with Crippen LogP contribution in [0, 0.1) is 0 Å². The van der Waals surface area contributed by atoms with Gasteiger partial charge < -0.3 is 9.88 Å². The number of hydrogen-bond acceptors (Lipinski definition) is 4. The highest BCUT2D eigenvalue weighted by Gasteiger charge is 2.34. The third-order valence-electron chi connectivity index (χ3n) is 6.26. The number of hydrogen-bond donors (Lipinski definition) is 1. The van der Waals surface area contributed by atoms with Crippen LogP contribution in [-0.2, 0) is 24.2 Å². The molecule has 7 nitrogen and oxygen atoms in total. The third kappa shape index (κ3) is 3.70. The smallest absolute Gasteiger partial charge is 0.261 e. The first-order chi connectivity index (χ1) is 15.6. The number of fused-ring (bicyclic) bond motifs is 2. The van der Waals surface area contributed by atoms with E-state index in [1.807, 2.05) is 12.1 Å². The van der Waals surface area contributed by atoms with Crippen LogP contribution in [0.5, 0.6) is 0 Å². The van der Waals surface area contributed by atoms with Crippen molar-refractivity contribution in [2.75, 3.05) is 6.54 Å². The predicted octanol–water partition coefficient (Wildman–Crippen LogP) is 2.92. The van der Waals surface area contributed by atoms with E-state index in [2.05, 4.69) is 22.4 Å². The van der Waals surface area contributed by atoms with Crippen LogP contribution in [0.1, 0.15) is 56.6 Å². The molecule has 5 rings (SSSR count). The quantitative estimate of drug-likeness (QED) is 0.612. The molecule has 1 N–H and O–H groups in total. The summed E-state index contributed by atoms with van der Waals surface area (Å²) in [5.74, 6) is 0.0299. The van der Waals surface area contributed by atoms with Gasteiger partial charge in [0.15, 0.2) is 0 Å². The molecule has 2 aliphatic rings. The number of imide groups is 1. The molecule has 0 unspecified atom stereocenters. The summed E-state index contributed by atoms with van der Waals surface area (Å²) < 4.78 is 1.78. The molecule has 0 saturated heterocycles. The minimum Gasteiger partial charge on any atom is -0.348 e. The molecular weight excluding hydrogens is 404 g/mol. The molecule has 162 valence electrons. The summed E-state index contributed by atoms with van der Waals surface area (Å²) in [6, 6.07) is 15.1. The zero-order valence-electron chi connectivity index (χ0n) is 17.7. The van der Waals surface area contributed by atoms with Crippen LogP contribution in [-0.4, -0.2) is 38.7 Å². The van der Waals surface area contributed by atoms with Crippen LogP contribution in [0.25, 0.3) is 0 Å². The fraction of sp³-hybridized carbons (Fsp3) is 0.280. The molecular formula is C25H24N4O3. The van der Waals surface area contributed by atoms with Crippen molar-refractivity contribution in [1.82, 2.24) is 19.8 Å². The van der Waals surface area contributed by atoms with Gasteiger partial charge in [-0.2, -0.15) is 0 Å². The van der Waals surface area contributed by atoms with Gasteiger partial charge in [-0.05, 0) is 42.5 Å². The Kier molecular flexibility index (Phi) is 5.31. The predicted molar refractivity (Wildman–Crippen MR) is 118 cm³/mol. The molecule has 3 aromatic rings. The normalized spacial score (nSPS) is 17.2. The second kappa shape index (κ2) is 8.42. The van der Waals surface area contributed by atoms with E-state index in [1.54, 1.807) is 41.2 Å². The molecule has 0 bridgehead atoms. The molecule has 0 fully saturated rings. The summed E-state index contributed by atoms with van der Waals surface area (Å²) in [6.07, 6.45) is 6.81. The largest absolute Gasteiger partial charge is 0.348 e. The van der Waals surface area contributed by atoms with Crippen molar-refractivity contribution in [2.24, 2.45) is 0 Å². The van der Waals surface area contributed by atoms with E-state index in [1.165, 1.54) is 16.0 Å². The Hall–Kier alpha value is -3.74. The first-order valence-electron chi connectivity index (χ1n) is 10.9. The van der Waals surface area contributed by atoms with Crippen LogP contribution >= 0.6 is 0 Å². The summed E-state index contributed by atoms with van der Waals surface area (Å²) in [7, 11) is 0. The minimum absolute atomic E-state index is 0.0257. The van der Waals surface area contributed by atoms with E-state index in [4.69, 9.17) is 0 Å². The number of imidazole rings is 1. The molecule has 32 heavy (non-hydrogen) atoms. The van der Waals surface area contributed by atoms with Crippen LogP contribution in [0.3, 0.4) is 0 Å². The molecule has 2 aromatic carbocycles. The van der Waals surface area contributed by atoms with E-state index in [0.29, 0.717) is 23.4 Å². The first kappa shape index (κ1) is 20.2. The minimum atomic E-state index is -0.280. The Balaban J connectivity index is 1.22. The van der Waals surface area contributed by atoms with Gasteiger partial charge in [0.05, 0.1) is 17.2 Å². The second-order valence-corrected chi connectivity index (χ2v) is 8.24. The van der Waals surface area contributed by atoms with E-state index >= 15 is 0 Å². The summed E-state index contributed by atoms with van der Waals surface area (Å²) >= 11 is 0. The van der Waals surface area contributed by atoms with E-state index in [9.17, 15) is 14.4 Å². The van der Waals surface area contributed by atoms with Gasteiger partial charge in [-0.3, -0.25) is 19.3 Å². The lowest BCUT2D eigenvalue weighted by Gasteiger charge is -2.26. The first-order valence-corrected chi connectivity index (χ1v) is 10.9. The van der Waals surface area contributed by atoms with Crippen molar-refractivity contribution in [2.45, 2.75) is 38.3 Å². The Bertz CT molecular complexity index is 1160. The summed E-state index contributed by atoms with van der Waals surface area (Å²) in [5.41, 5.74) is 3.37. The monoisotopic (exact) mass is 428 g/mol. The van der Waals surface area contributed by atoms with Crippen molar-refractivity contribution >= 4 is 17.7 Å². The molecule has 0 saturated carbocycles. The number of aryl methyl sites for hydroxylation is 1. The molecule has 0 spiro atoms. The lowest BCUT2D eigenvalue weighted by Crippen LogP contribution is -2.34. The van der Waals surface area contributed by atoms with Crippen molar-refractivity contribution < 1.29 is 14.4 Å². The van der Waals surface area contributed by atoms with Gasteiger partial charge in [-0.15, -0.1) is 0 Å². The van der Waals surface area contributed by atoms with Crippen molar-refractivity contribution in [3.63, 3.8) is 0 Å². The molecule has 7 heteroatoms. The summed E-state index contributed by atoms with van der Waals surface area (Å²) in [5, 5.41) is 3.16. The number of nitrogens with one attached hydrogen (secondary N) is 1. The second-order valence-electron chi connectivity index (χ2n) is 8.24. The molecule has 3 amide bonds. The van der Waals surface area contributed by atoms with Crippen LogP contribution < -0.4 is 5.32 Å². The highest BCUT2D eigenvalue weighted by atomic mass is 16.2. The lowest BCUT2D eigenvalue weighted by molar-refractivity contribution is -0.122. The Labute approximate surface area is 186 Å². The number of amides is 3. The zero-order valence-corrected chi connectivity index (χ0v) is 17.7. The maximum Gasteiger partial charge on any atom is 0.261 e. The number of benzene rings is 2. The fourth-order valence-electron chi connectivity index (χ4n) is 4.66. The topological polar surface area (TPSA) is 84.3 Å². The SMILES string of the molecule is O=C(Cn1ccnc1CCN1C(=O)c2ccccc2C1=O)N[C@@H]1CCCc2ccccc21. The van der Waals surface area contributed by atoms with Crippen LogP contribution in [0.2, 0.25) is 0 Å². The number of carbonyl (C=O) groups excluding carboxylic acids is 3. The average Bonchev–Trinajstić information content (AvgIpc) is 3.35. The molecule has 1 aliphatic carbocycles. The maximum atomic E-state index is 12.8. The third-order valence-corrected chi connectivity index (χ3v) is 6.26. The Morgan fingerprint density at radius 3 is 2.53 bits per heavy atom. The van der Waals surface area contributed by atoms with Crippen molar-refractivity contribution in [3.8, 4) is 0 Å². The Morgan fingerprint density at radius 2 is 1.75 bits per heavy atom. The van der Waals surface area contributed by atoms with E-state index in [-0.39, 0.29) is 36.9 Å². The van der Waals surface area contributed by atoms with E-state index in [0.717, 1.165) is 19.3 Å². The van der Waals surface area contributed by atoms with Gasteiger partial charge in [-0.25, -0.2) is 4.98 Å². The van der Waals surface area contributed by atoms with Gasteiger partial charge in [0.25, 0.3) is 11.8 Å². The van der Waals surface area contributed by atoms with Crippen molar-refractivity contribution in [1.29, 1.82) is 0 Å². The van der Waals surface area contributed by atoms with Gasteiger partial charge in [0, 0.05) is 25.4 Å². The number of nitrogens with zero attached hydrogens (tertiary/aromatic N) is 3. The van der Waals surface area contributed by atoms with Gasteiger partial charge in [0.2, 0.25) is 5.91 Å². The van der Waals surface area contributed by atoms with Crippen LogP contribution in [0.4, 0.5) is 0 Å². The van der Waals surface area contributed by atoms with Crippen molar-refractivity contribution in [3.05, 3.63) is 89.0 Å². The maximum absolute atomic E-state index is 12.8. The average molecular weight is 428 g/mol. The summed E-state index contributed by atoms with van der Waals surface area (Å²) in [6.45, 7) is 0.372. The number of rotatable bonds is 6. The molecule has 2 heterocycles. The fourth-order valence-corrected chi connectivity index (χ4v) is 4.66. The van der Waals surface area contributed by atoms with Gasteiger partial charge in [-0.1, -0.05) is 36.4 Å². The van der Waals surface area contributed by atoms with Gasteiger partial charge >= 0.3 is 0 Å². The molecule has 1 aromatic heterocycles. The molecule has 1 atom stereocenters. The standard InChI is InChI=1S/C25H24N4O3/c30-23(27-21-11-5-7-17-6-1-2-8-18(17)21)16-28-15-13-26-22(28)12-14-29-24(31)19-9-3-4-10-20(19)25(29)32/h1-4,6,8-10,13,15,21H,5,7,11-12,14,16H2,(H,27,30)/t21-/m1/s1. The summed E-state index contributed by atoms with van der Waals surface area (Å²) in [4.78, 5) is 43.5. The number of carbonyl (C=O) groups is 3. The highest BCUT2D eigenvalue weighted by Crippen LogP contribution is 2.29. The zero-order chi connectivity index (χ0) is 22.1. The molecule has 0 radical (unpaired) electrons. The van der Waals surface area contributed by atoms with Gasteiger partial charge in [0.1, 0.15) is 12.4 Å². The number of aromatic nitrogens is 2.